The number of nitrogens with two attached hydrogens (primary N) is 1. The van der Waals surface area contributed by atoms with Gasteiger partial charge in [0.15, 0.2) is 0 Å². The van der Waals surface area contributed by atoms with Gasteiger partial charge < -0.3 is 5.73 Å². The minimum atomic E-state index is 0.316. The van der Waals surface area contributed by atoms with Gasteiger partial charge in [-0.25, -0.2) is 0 Å². The van der Waals surface area contributed by atoms with Gasteiger partial charge in [0.1, 0.15) is 0 Å². The Morgan fingerprint density at radius 1 is 1.12 bits per heavy atom. The van der Waals surface area contributed by atoms with Crippen molar-refractivity contribution in [2.75, 3.05) is 13.1 Å². The average Bonchev–Trinajstić information content (AvgIpc) is 2.28. The first-order chi connectivity index (χ1) is 8.07. The van der Waals surface area contributed by atoms with Gasteiger partial charge >= 0.3 is 0 Å². The molecule has 2 nitrogen and oxygen atoms in total. The molecule has 2 fully saturated rings. The van der Waals surface area contributed by atoms with E-state index in [0.717, 1.165) is 24.4 Å². The topological polar surface area (TPSA) is 29.3 Å². The van der Waals surface area contributed by atoms with Crippen LogP contribution in [0.2, 0.25) is 0 Å². The summed E-state index contributed by atoms with van der Waals surface area (Å²) in [5.41, 5.74) is 6.53. The molecule has 1 aliphatic heterocycles. The van der Waals surface area contributed by atoms with Gasteiger partial charge in [-0.1, -0.05) is 20.3 Å². The lowest BCUT2D eigenvalue weighted by Gasteiger charge is -2.53. The lowest BCUT2D eigenvalue weighted by atomic mass is 9.69. The Morgan fingerprint density at radius 2 is 1.76 bits per heavy atom. The van der Waals surface area contributed by atoms with E-state index < -0.39 is 0 Å². The molecule has 0 spiro atoms. The molecule has 1 saturated heterocycles. The monoisotopic (exact) mass is 238 g/mol. The summed E-state index contributed by atoms with van der Waals surface area (Å²) in [6, 6.07) is 0.741. The second-order valence-corrected chi connectivity index (χ2v) is 6.82. The van der Waals surface area contributed by atoms with E-state index in [1.807, 2.05) is 0 Å². The molecular formula is C15H30N2. The van der Waals surface area contributed by atoms with E-state index in [1.165, 1.54) is 45.1 Å². The summed E-state index contributed by atoms with van der Waals surface area (Å²) in [6.07, 6.45) is 8.17. The van der Waals surface area contributed by atoms with Crippen LogP contribution in [0.15, 0.2) is 0 Å². The highest BCUT2D eigenvalue weighted by Gasteiger charge is 2.43. The molecule has 100 valence electrons. The zero-order valence-corrected chi connectivity index (χ0v) is 11.9. The molecule has 0 radical (unpaired) electrons. The van der Waals surface area contributed by atoms with Crippen molar-refractivity contribution in [3.8, 4) is 0 Å². The van der Waals surface area contributed by atoms with Gasteiger partial charge in [-0.2, -0.15) is 0 Å². The zero-order chi connectivity index (χ0) is 12.5. The maximum atomic E-state index is 6.21. The highest BCUT2D eigenvalue weighted by molar-refractivity contribution is 5.00. The maximum absolute atomic E-state index is 6.21. The predicted molar refractivity (Wildman–Crippen MR) is 74.0 cm³/mol. The van der Waals surface area contributed by atoms with Gasteiger partial charge in [0.05, 0.1) is 0 Å². The van der Waals surface area contributed by atoms with Crippen molar-refractivity contribution >= 4 is 0 Å². The molecule has 2 rings (SSSR count). The Hall–Kier alpha value is -0.0800. The summed E-state index contributed by atoms with van der Waals surface area (Å²) in [5, 5.41) is 0. The van der Waals surface area contributed by atoms with Crippen LogP contribution < -0.4 is 5.73 Å². The third-order valence-corrected chi connectivity index (χ3v) is 5.05. The van der Waals surface area contributed by atoms with Crippen LogP contribution in [0.25, 0.3) is 0 Å². The summed E-state index contributed by atoms with van der Waals surface area (Å²) in [5.74, 6) is 1.69. The van der Waals surface area contributed by atoms with Crippen molar-refractivity contribution in [2.24, 2.45) is 17.6 Å². The molecule has 0 aromatic carbocycles. The molecular weight excluding hydrogens is 208 g/mol. The summed E-state index contributed by atoms with van der Waals surface area (Å²) in [6.45, 7) is 9.35. The Morgan fingerprint density at radius 3 is 2.29 bits per heavy atom. The van der Waals surface area contributed by atoms with Crippen molar-refractivity contribution < 1.29 is 0 Å². The molecule has 1 aliphatic carbocycles. The molecule has 2 N–H and O–H groups in total. The fourth-order valence-electron chi connectivity index (χ4n) is 4.56. The lowest BCUT2D eigenvalue weighted by molar-refractivity contribution is -0.0225. The van der Waals surface area contributed by atoms with E-state index in [9.17, 15) is 0 Å². The van der Waals surface area contributed by atoms with Gasteiger partial charge in [0.25, 0.3) is 0 Å². The highest BCUT2D eigenvalue weighted by Crippen LogP contribution is 2.41. The fourth-order valence-corrected chi connectivity index (χ4v) is 4.56. The van der Waals surface area contributed by atoms with Crippen LogP contribution in [0, 0.1) is 11.8 Å². The SMILES string of the molecule is CC1CC(C)CC(CN)(N2CCCCC2C)C1. The second-order valence-electron chi connectivity index (χ2n) is 6.82. The third kappa shape index (κ3) is 2.68. The Kier molecular flexibility index (Phi) is 4.14. The first-order valence-electron chi connectivity index (χ1n) is 7.54. The minimum absolute atomic E-state index is 0.316. The van der Waals surface area contributed by atoms with Gasteiger partial charge in [-0.15, -0.1) is 0 Å². The van der Waals surface area contributed by atoms with Gasteiger partial charge in [0.2, 0.25) is 0 Å². The second kappa shape index (κ2) is 5.27. The van der Waals surface area contributed by atoms with Crippen LogP contribution in [0.3, 0.4) is 0 Å². The molecule has 0 aromatic heterocycles. The normalized spacial score (nSPS) is 44.8. The Balaban J connectivity index is 2.16. The van der Waals surface area contributed by atoms with Crippen molar-refractivity contribution in [1.82, 2.24) is 4.90 Å². The number of hydrogen-bond donors (Lipinski definition) is 1. The zero-order valence-electron chi connectivity index (χ0n) is 11.9. The number of rotatable bonds is 2. The highest BCUT2D eigenvalue weighted by atomic mass is 15.2. The lowest BCUT2D eigenvalue weighted by Crippen LogP contribution is -2.61. The first-order valence-corrected chi connectivity index (χ1v) is 7.54. The quantitative estimate of drug-likeness (QED) is 0.801. The number of hydrogen-bond acceptors (Lipinski definition) is 2. The van der Waals surface area contributed by atoms with Crippen LogP contribution in [0.4, 0.5) is 0 Å². The van der Waals surface area contributed by atoms with E-state index in [1.54, 1.807) is 0 Å². The van der Waals surface area contributed by atoms with E-state index >= 15 is 0 Å². The number of piperidine rings is 1. The number of likely N-dealkylation sites (tertiary alicyclic amines) is 1. The Bertz CT molecular complexity index is 241. The molecule has 1 heterocycles. The van der Waals surface area contributed by atoms with E-state index in [0.29, 0.717) is 5.54 Å². The standard InChI is InChI=1S/C15H30N2/c1-12-8-13(2)10-15(9-12,11-16)17-7-5-4-6-14(17)3/h12-14H,4-11,16H2,1-3H3. The average molecular weight is 238 g/mol. The van der Waals surface area contributed by atoms with Crippen LogP contribution in [0.1, 0.15) is 59.3 Å². The molecule has 3 atom stereocenters. The third-order valence-electron chi connectivity index (χ3n) is 5.05. The summed E-state index contributed by atoms with van der Waals surface area (Å²) < 4.78 is 0. The fraction of sp³-hybridized carbons (Fsp3) is 1.00. The molecule has 3 unspecified atom stereocenters. The van der Waals surface area contributed by atoms with E-state index in [4.69, 9.17) is 5.73 Å². The number of nitrogens with zero attached hydrogens (tertiary/aromatic N) is 1. The van der Waals surface area contributed by atoms with Crippen LogP contribution in [0.5, 0.6) is 0 Å². The van der Waals surface area contributed by atoms with Gasteiger partial charge in [0, 0.05) is 18.1 Å². The van der Waals surface area contributed by atoms with E-state index in [-0.39, 0.29) is 0 Å². The summed E-state index contributed by atoms with van der Waals surface area (Å²) in [4.78, 5) is 2.77. The summed E-state index contributed by atoms with van der Waals surface area (Å²) in [7, 11) is 0. The smallest absolute Gasteiger partial charge is 0.0339 e. The first kappa shape index (κ1) is 13.4. The van der Waals surface area contributed by atoms with Crippen molar-refractivity contribution in [2.45, 2.75) is 70.9 Å². The van der Waals surface area contributed by atoms with Crippen LogP contribution >= 0.6 is 0 Å². The largest absolute Gasteiger partial charge is 0.329 e. The van der Waals surface area contributed by atoms with Gasteiger partial charge in [-0.3, -0.25) is 4.90 Å². The molecule has 1 saturated carbocycles. The maximum Gasteiger partial charge on any atom is 0.0339 e. The van der Waals surface area contributed by atoms with Crippen molar-refractivity contribution in [1.29, 1.82) is 0 Å². The molecule has 2 heteroatoms. The van der Waals surface area contributed by atoms with E-state index in [2.05, 4.69) is 25.7 Å². The predicted octanol–water partition coefficient (Wildman–Crippen LogP) is 3.01. The van der Waals surface area contributed by atoms with Gasteiger partial charge in [-0.05, 0) is 57.4 Å². The Labute approximate surface area is 107 Å². The molecule has 0 amide bonds. The van der Waals surface area contributed by atoms with Crippen LogP contribution in [-0.4, -0.2) is 29.6 Å². The van der Waals surface area contributed by atoms with Crippen molar-refractivity contribution in [3.63, 3.8) is 0 Å². The molecule has 2 aliphatic rings. The molecule has 17 heavy (non-hydrogen) atoms. The van der Waals surface area contributed by atoms with Crippen LogP contribution in [-0.2, 0) is 0 Å². The summed E-state index contributed by atoms with van der Waals surface area (Å²) >= 11 is 0. The minimum Gasteiger partial charge on any atom is -0.329 e. The molecule has 0 bridgehead atoms. The molecule has 0 aromatic rings. The van der Waals surface area contributed by atoms with Crippen molar-refractivity contribution in [3.05, 3.63) is 0 Å².